The lowest BCUT2D eigenvalue weighted by molar-refractivity contribution is 0.398. The van der Waals surface area contributed by atoms with E-state index in [9.17, 15) is 0 Å². The van der Waals surface area contributed by atoms with Gasteiger partial charge in [-0.25, -0.2) is 0 Å². The predicted molar refractivity (Wildman–Crippen MR) is 53.8 cm³/mol. The SMILES string of the molecule is COc1nncc2cc(Br)ccc12. The quantitative estimate of drug-likeness (QED) is 0.766. The Bertz CT molecular complexity index is 445. The van der Waals surface area contributed by atoms with Crippen molar-refractivity contribution in [2.75, 3.05) is 7.11 Å². The molecule has 0 aliphatic carbocycles. The maximum Gasteiger partial charge on any atom is 0.241 e. The van der Waals surface area contributed by atoms with Gasteiger partial charge in [0.25, 0.3) is 0 Å². The van der Waals surface area contributed by atoms with Gasteiger partial charge in [-0.15, -0.1) is 5.10 Å². The van der Waals surface area contributed by atoms with Crippen LogP contribution in [0.2, 0.25) is 0 Å². The molecule has 0 bridgehead atoms. The van der Waals surface area contributed by atoms with Crippen molar-refractivity contribution in [1.82, 2.24) is 10.2 Å². The highest BCUT2D eigenvalue weighted by Gasteiger charge is 2.02. The third-order valence-corrected chi connectivity index (χ3v) is 2.28. The van der Waals surface area contributed by atoms with Gasteiger partial charge in [0, 0.05) is 15.2 Å². The molecule has 3 nitrogen and oxygen atoms in total. The Kier molecular flexibility index (Phi) is 2.14. The minimum absolute atomic E-state index is 0.560. The Morgan fingerprint density at radius 2 is 2.23 bits per heavy atom. The Labute approximate surface area is 83.9 Å². The minimum Gasteiger partial charge on any atom is -0.479 e. The number of methoxy groups -OCH3 is 1. The fraction of sp³-hybridized carbons (Fsp3) is 0.111. The van der Waals surface area contributed by atoms with Crippen molar-refractivity contribution in [3.8, 4) is 5.88 Å². The van der Waals surface area contributed by atoms with Gasteiger partial charge in [-0.3, -0.25) is 0 Å². The Morgan fingerprint density at radius 1 is 1.38 bits per heavy atom. The molecule has 0 unspecified atom stereocenters. The van der Waals surface area contributed by atoms with E-state index in [1.165, 1.54) is 0 Å². The molecular formula is C9H7BrN2O. The molecule has 2 rings (SSSR count). The normalized spacial score (nSPS) is 10.3. The second kappa shape index (κ2) is 3.30. The maximum absolute atomic E-state index is 5.08. The van der Waals surface area contributed by atoms with Crippen molar-refractivity contribution in [2.24, 2.45) is 0 Å². The largest absolute Gasteiger partial charge is 0.479 e. The molecule has 0 saturated carbocycles. The van der Waals surface area contributed by atoms with E-state index in [1.54, 1.807) is 13.3 Å². The van der Waals surface area contributed by atoms with Crippen molar-refractivity contribution in [1.29, 1.82) is 0 Å². The Hall–Kier alpha value is -1.16. The monoisotopic (exact) mass is 238 g/mol. The average molecular weight is 239 g/mol. The molecule has 0 atom stereocenters. The third kappa shape index (κ3) is 1.49. The zero-order chi connectivity index (χ0) is 9.26. The van der Waals surface area contributed by atoms with Crippen LogP contribution >= 0.6 is 15.9 Å². The zero-order valence-electron chi connectivity index (χ0n) is 6.99. The van der Waals surface area contributed by atoms with Gasteiger partial charge in [-0.2, -0.15) is 5.10 Å². The molecule has 1 aromatic carbocycles. The molecule has 0 saturated heterocycles. The smallest absolute Gasteiger partial charge is 0.241 e. The molecule has 0 amide bonds. The van der Waals surface area contributed by atoms with Gasteiger partial charge in [0.1, 0.15) is 0 Å². The number of ether oxygens (including phenoxy) is 1. The van der Waals surface area contributed by atoms with Crippen molar-refractivity contribution in [2.45, 2.75) is 0 Å². The van der Waals surface area contributed by atoms with E-state index >= 15 is 0 Å². The Balaban J connectivity index is 2.77. The molecule has 0 aliphatic rings. The number of hydrogen-bond donors (Lipinski definition) is 0. The van der Waals surface area contributed by atoms with Crippen LogP contribution in [0.5, 0.6) is 5.88 Å². The fourth-order valence-corrected chi connectivity index (χ4v) is 1.56. The number of rotatable bonds is 1. The van der Waals surface area contributed by atoms with Gasteiger partial charge in [0.05, 0.1) is 13.3 Å². The maximum atomic E-state index is 5.08. The summed E-state index contributed by atoms with van der Waals surface area (Å²) in [5.41, 5.74) is 0. The van der Waals surface area contributed by atoms with Crippen LogP contribution in [0.1, 0.15) is 0 Å². The molecule has 0 fully saturated rings. The molecule has 2 aromatic rings. The summed E-state index contributed by atoms with van der Waals surface area (Å²) in [6.07, 6.45) is 1.71. The van der Waals surface area contributed by atoms with E-state index < -0.39 is 0 Å². The van der Waals surface area contributed by atoms with E-state index in [0.717, 1.165) is 15.2 Å². The van der Waals surface area contributed by atoms with E-state index in [1.807, 2.05) is 18.2 Å². The van der Waals surface area contributed by atoms with Crippen LogP contribution in [0.3, 0.4) is 0 Å². The van der Waals surface area contributed by atoms with Gasteiger partial charge >= 0.3 is 0 Å². The summed E-state index contributed by atoms with van der Waals surface area (Å²) in [5, 5.41) is 9.68. The number of benzene rings is 1. The van der Waals surface area contributed by atoms with E-state index in [0.29, 0.717) is 5.88 Å². The first-order chi connectivity index (χ1) is 6.31. The molecule has 0 aliphatic heterocycles. The first kappa shape index (κ1) is 8.44. The molecular weight excluding hydrogens is 232 g/mol. The fourth-order valence-electron chi connectivity index (χ4n) is 1.18. The number of fused-ring (bicyclic) bond motifs is 1. The molecule has 13 heavy (non-hydrogen) atoms. The Morgan fingerprint density at radius 3 is 3.00 bits per heavy atom. The van der Waals surface area contributed by atoms with E-state index in [4.69, 9.17) is 4.74 Å². The van der Waals surface area contributed by atoms with Crippen LogP contribution in [-0.4, -0.2) is 17.3 Å². The molecule has 1 heterocycles. The van der Waals surface area contributed by atoms with Crippen molar-refractivity contribution < 1.29 is 4.74 Å². The standard InChI is InChI=1S/C9H7BrN2O/c1-13-9-8-3-2-7(10)4-6(8)5-11-12-9/h2-5H,1H3. The van der Waals surface area contributed by atoms with Gasteiger partial charge in [0.15, 0.2) is 0 Å². The van der Waals surface area contributed by atoms with Gasteiger partial charge in [-0.05, 0) is 18.2 Å². The first-order valence-corrected chi connectivity index (χ1v) is 4.55. The van der Waals surface area contributed by atoms with Crippen LogP contribution in [0.4, 0.5) is 0 Å². The van der Waals surface area contributed by atoms with Crippen molar-refractivity contribution in [3.63, 3.8) is 0 Å². The molecule has 0 spiro atoms. The summed E-state index contributed by atoms with van der Waals surface area (Å²) in [7, 11) is 1.59. The summed E-state index contributed by atoms with van der Waals surface area (Å²) in [4.78, 5) is 0. The first-order valence-electron chi connectivity index (χ1n) is 3.76. The topological polar surface area (TPSA) is 35.0 Å². The third-order valence-electron chi connectivity index (χ3n) is 1.78. The second-order valence-corrected chi connectivity index (χ2v) is 3.50. The summed E-state index contributed by atoms with van der Waals surface area (Å²) >= 11 is 3.39. The summed E-state index contributed by atoms with van der Waals surface area (Å²) in [6, 6.07) is 5.88. The van der Waals surface area contributed by atoms with Gasteiger partial charge < -0.3 is 4.74 Å². The molecule has 1 aromatic heterocycles. The lowest BCUT2D eigenvalue weighted by atomic mass is 10.2. The lowest BCUT2D eigenvalue weighted by Crippen LogP contribution is -1.91. The zero-order valence-corrected chi connectivity index (χ0v) is 8.58. The highest BCUT2D eigenvalue weighted by molar-refractivity contribution is 9.10. The number of aromatic nitrogens is 2. The van der Waals surface area contributed by atoms with Gasteiger partial charge in [0.2, 0.25) is 5.88 Å². The number of nitrogens with zero attached hydrogens (tertiary/aromatic N) is 2. The summed E-state index contributed by atoms with van der Waals surface area (Å²) in [6.45, 7) is 0. The van der Waals surface area contributed by atoms with Crippen LogP contribution in [0.15, 0.2) is 28.9 Å². The van der Waals surface area contributed by atoms with E-state index in [2.05, 4.69) is 26.1 Å². The lowest BCUT2D eigenvalue weighted by Gasteiger charge is -2.02. The molecule has 0 N–H and O–H groups in total. The average Bonchev–Trinajstić information content (AvgIpc) is 2.16. The summed E-state index contributed by atoms with van der Waals surface area (Å²) < 4.78 is 6.10. The van der Waals surface area contributed by atoms with Crippen LogP contribution < -0.4 is 4.74 Å². The van der Waals surface area contributed by atoms with Gasteiger partial charge in [-0.1, -0.05) is 15.9 Å². The van der Waals surface area contributed by atoms with Crippen molar-refractivity contribution >= 4 is 26.7 Å². The highest BCUT2D eigenvalue weighted by Crippen LogP contribution is 2.24. The molecule has 66 valence electrons. The molecule has 0 radical (unpaired) electrons. The molecule has 4 heteroatoms. The van der Waals surface area contributed by atoms with Crippen LogP contribution in [-0.2, 0) is 0 Å². The number of hydrogen-bond acceptors (Lipinski definition) is 3. The van der Waals surface area contributed by atoms with Crippen LogP contribution in [0, 0.1) is 0 Å². The summed E-state index contributed by atoms with van der Waals surface area (Å²) in [5.74, 6) is 0.560. The van der Waals surface area contributed by atoms with Crippen molar-refractivity contribution in [3.05, 3.63) is 28.9 Å². The van der Waals surface area contributed by atoms with Crippen LogP contribution in [0.25, 0.3) is 10.8 Å². The van der Waals surface area contributed by atoms with E-state index in [-0.39, 0.29) is 0 Å². The predicted octanol–water partition coefficient (Wildman–Crippen LogP) is 2.40. The highest BCUT2D eigenvalue weighted by atomic mass is 79.9. The minimum atomic E-state index is 0.560. The second-order valence-electron chi connectivity index (χ2n) is 2.59. The number of halogens is 1.